The van der Waals surface area contributed by atoms with Gasteiger partial charge in [0, 0.05) is 10.5 Å². The molecule has 3 nitrogen and oxygen atoms in total. The lowest BCUT2D eigenvalue weighted by Crippen LogP contribution is -2.26. The molecule has 6 heteroatoms. The first kappa shape index (κ1) is 11.0. The zero-order valence-corrected chi connectivity index (χ0v) is 10.1. The lowest BCUT2D eigenvalue weighted by Gasteiger charge is -2.06. The molecule has 1 saturated carbocycles. The van der Waals surface area contributed by atoms with Crippen LogP contribution in [0.5, 0.6) is 0 Å². The number of halogens is 2. The second-order valence-electron chi connectivity index (χ2n) is 3.47. The van der Waals surface area contributed by atoms with Crippen LogP contribution in [0.2, 0.25) is 0 Å². The summed E-state index contributed by atoms with van der Waals surface area (Å²) >= 11 is 3.11. The van der Waals surface area contributed by atoms with E-state index in [0.29, 0.717) is 4.47 Å². The molecule has 1 N–H and O–H groups in total. The third kappa shape index (κ3) is 2.56. The van der Waals surface area contributed by atoms with Crippen molar-refractivity contribution in [3.05, 3.63) is 28.5 Å². The van der Waals surface area contributed by atoms with E-state index in [0.717, 1.165) is 18.9 Å². The number of hydrogen-bond acceptors (Lipinski definition) is 2. The Bertz CT molecular complexity index is 485. The molecule has 1 aliphatic carbocycles. The molecule has 0 heterocycles. The van der Waals surface area contributed by atoms with Crippen molar-refractivity contribution in [3.63, 3.8) is 0 Å². The van der Waals surface area contributed by atoms with Gasteiger partial charge in [-0.15, -0.1) is 0 Å². The van der Waals surface area contributed by atoms with Crippen molar-refractivity contribution >= 4 is 26.0 Å². The van der Waals surface area contributed by atoms with E-state index in [1.807, 2.05) is 0 Å². The van der Waals surface area contributed by atoms with Crippen molar-refractivity contribution in [2.45, 2.75) is 23.8 Å². The molecule has 0 saturated heterocycles. The van der Waals surface area contributed by atoms with Crippen molar-refractivity contribution in [2.75, 3.05) is 0 Å². The summed E-state index contributed by atoms with van der Waals surface area (Å²) in [6, 6.07) is 3.84. The van der Waals surface area contributed by atoms with E-state index in [2.05, 4.69) is 20.7 Å². The van der Waals surface area contributed by atoms with Crippen molar-refractivity contribution in [1.82, 2.24) is 4.72 Å². The fourth-order valence-corrected chi connectivity index (χ4v) is 3.09. The second-order valence-corrected chi connectivity index (χ2v) is 6.07. The Balaban J connectivity index is 2.38. The van der Waals surface area contributed by atoms with E-state index in [-0.39, 0.29) is 10.9 Å². The molecular formula is C9H9BrFNO2S. The summed E-state index contributed by atoms with van der Waals surface area (Å²) in [6.45, 7) is 0. The minimum absolute atomic E-state index is 0.0200. The highest BCUT2D eigenvalue weighted by molar-refractivity contribution is 9.10. The first-order valence-electron chi connectivity index (χ1n) is 4.46. The Labute approximate surface area is 95.9 Å². The van der Waals surface area contributed by atoms with Crippen molar-refractivity contribution in [2.24, 2.45) is 0 Å². The van der Waals surface area contributed by atoms with Crippen LogP contribution in [-0.4, -0.2) is 14.5 Å². The summed E-state index contributed by atoms with van der Waals surface area (Å²) in [4.78, 5) is -0.302. The smallest absolute Gasteiger partial charge is 0.208 e. The monoisotopic (exact) mass is 293 g/mol. The van der Waals surface area contributed by atoms with Crippen LogP contribution < -0.4 is 4.72 Å². The lowest BCUT2D eigenvalue weighted by molar-refractivity contribution is 0.556. The summed E-state index contributed by atoms with van der Waals surface area (Å²) < 4.78 is 39.6. The van der Waals surface area contributed by atoms with Gasteiger partial charge in [-0.05, 0) is 31.0 Å². The van der Waals surface area contributed by atoms with Crippen LogP contribution in [0.4, 0.5) is 4.39 Å². The molecule has 0 amide bonds. The van der Waals surface area contributed by atoms with Crippen LogP contribution in [0.1, 0.15) is 12.8 Å². The molecule has 0 spiro atoms. The quantitative estimate of drug-likeness (QED) is 0.927. The highest BCUT2D eigenvalue weighted by Gasteiger charge is 2.29. The Morgan fingerprint density at radius 1 is 1.40 bits per heavy atom. The van der Waals surface area contributed by atoms with Gasteiger partial charge < -0.3 is 0 Å². The molecule has 0 aromatic heterocycles. The van der Waals surface area contributed by atoms with E-state index >= 15 is 0 Å². The highest BCUT2D eigenvalue weighted by atomic mass is 79.9. The van der Waals surface area contributed by atoms with Gasteiger partial charge in [0.25, 0.3) is 0 Å². The standard InChI is InChI=1S/C9H9BrFNO2S/c10-6-1-4-8(11)9(5-6)15(13,14)12-7-2-3-7/h1,4-5,7,12H,2-3H2. The van der Waals surface area contributed by atoms with Gasteiger partial charge in [0.1, 0.15) is 10.7 Å². The predicted molar refractivity (Wildman–Crippen MR) is 57.4 cm³/mol. The van der Waals surface area contributed by atoms with Gasteiger partial charge in [0.05, 0.1) is 0 Å². The van der Waals surface area contributed by atoms with Crippen LogP contribution >= 0.6 is 15.9 Å². The summed E-state index contributed by atoms with van der Waals surface area (Å²) in [7, 11) is -3.71. The van der Waals surface area contributed by atoms with E-state index in [1.54, 1.807) is 0 Å². The maximum Gasteiger partial charge on any atom is 0.243 e. The van der Waals surface area contributed by atoms with Gasteiger partial charge in [-0.2, -0.15) is 0 Å². The van der Waals surface area contributed by atoms with Crippen molar-refractivity contribution in [3.8, 4) is 0 Å². The zero-order valence-electron chi connectivity index (χ0n) is 7.70. The largest absolute Gasteiger partial charge is 0.243 e. The Morgan fingerprint density at radius 3 is 2.67 bits per heavy atom. The van der Waals surface area contributed by atoms with E-state index < -0.39 is 15.8 Å². The van der Waals surface area contributed by atoms with Crippen LogP contribution in [-0.2, 0) is 10.0 Å². The topological polar surface area (TPSA) is 46.2 Å². The normalized spacial score (nSPS) is 16.7. The lowest BCUT2D eigenvalue weighted by atomic mass is 10.3. The van der Waals surface area contributed by atoms with Gasteiger partial charge >= 0.3 is 0 Å². The second kappa shape index (κ2) is 3.84. The summed E-state index contributed by atoms with van der Waals surface area (Å²) in [6.07, 6.45) is 1.66. The Kier molecular flexibility index (Phi) is 2.83. The number of benzene rings is 1. The number of sulfonamides is 1. The first-order chi connectivity index (χ1) is 6.99. The number of nitrogens with one attached hydrogen (secondary N) is 1. The van der Waals surface area contributed by atoms with Crippen LogP contribution in [0.25, 0.3) is 0 Å². The third-order valence-corrected chi connectivity index (χ3v) is 4.11. The third-order valence-electron chi connectivity index (χ3n) is 2.08. The minimum atomic E-state index is -3.71. The van der Waals surface area contributed by atoms with Crippen molar-refractivity contribution < 1.29 is 12.8 Å². The van der Waals surface area contributed by atoms with Gasteiger partial charge in [-0.3, -0.25) is 0 Å². The first-order valence-corrected chi connectivity index (χ1v) is 6.74. The minimum Gasteiger partial charge on any atom is -0.208 e. The zero-order chi connectivity index (χ0) is 11.1. The molecule has 82 valence electrons. The predicted octanol–water partition coefficient (Wildman–Crippen LogP) is 2.03. The Hall–Kier alpha value is -0.460. The molecule has 0 unspecified atom stereocenters. The van der Waals surface area contributed by atoms with E-state index in [1.165, 1.54) is 12.1 Å². The van der Waals surface area contributed by atoms with Gasteiger partial charge in [0.2, 0.25) is 10.0 Å². The van der Waals surface area contributed by atoms with Gasteiger partial charge in [-0.25, -0.2) is 17.5 Å². The van der Waals surface area contributed by atoms with Crippen LogP contribution in [0, 0.1) is 5.82 Å². The molecule has 0 aliphatic heterocycles. The SMILES string of the molecule is O=S(=O)(NC1CC1)c1cc(Br)ccc1F. The molecule has 15 heavy (non-hydrogen) atoms. The maximum absolute atomic E-state index is 13.3. The maximum atomic E-state index is 13.3. The molecule has 1 aromatic carbocycles. The molecule has 1 fully saturated rings. The average Bonchev–Trinajstić information content (AvgIpc) is 2.92. The summed E-state index contributed by atoms with van der Waals surface area (Å²) in [5.74, 6) is -0.730. The average molecular weight is 294 g/mol. The molecule has 0 radical (unpaired) electrons. The highest BCUT2D eigenvalue weighted by Crippen LogP contribution is 2.24. The fraction of sp³-hybridized carbons (Fsp3) is 0.333. The molecule has 2 rings (SSSR count). The van der Waals surface area contributed by atoms with Crippen LogP contribution in [0.3, 0.4) is 0 Å². The van der Waals surface area contributed by atoms with E-state index in [4.69, 9.17) is 0 Å². The molecule has 0 bridgehead atoms. The summed E-state index contributed by atoms with van der Waals surface area (Å²) in [5.41, 5.74) is 0. The Morgan fingerprint density at radius 2 is 2.07 bits per heavy atom. The number of hydrogen-bond donors (Lipinski definition) is 1. The number of rotatable bonds is 3. The van der Waals surface area contributed by atoms with Crippen LogP contribution in [0.15, 0.2) is 27.6 Å². The fourth-order valence-electron chi connectivity index (χ4n) is 1.17. The van der Waals surface area contributed by atoms with Gasteiger partial charge in [-0.1, -0.05) is 15.9 Å². The van der Waals surface area contributed by atoms with Crippen molar-refractivity contribution in [1.29, 1.82) is 0 Å². The van der Waals surface area contributed by atoms with Gasteiger partial charge in [0.15, 0.2) is 0 Å². The molecular weight excluding hydrogens is 285 g/mol. The molecule has 1 aromatic rings. The molecule has 0 atom stereocenters. The summed E-state index contributed by atoms with van der Waals surface area (Å²) in [5, 5.41) is 0. The molecule has 1 aliphatic rings. The van der Waals surface area contributed by atoms with E-state index in [9.17, 15) is 12.8 Å².